The van der Waals surface area contributed by atoms with Crippen molar-refractivity contribution in [3.8, 4) is 11.5 Å². The zero-order valence-corrected chi connectivity index (χ0v) is 11.5. The summed E-state index contributed by atoms with van der Waals surface area (Å²) in [4.78, 5) is 0. The van der Waals surface area contributed by atoms with E-state index in [1.54, 1.807) is 14.2 Å². The molecular weight excluding hydrogens is 242 g/mol. The minimum absolute atomic E-state index is 0.689. The van der Waals surface area contributed by atoms with Gasteiger partial charge in [-0.3, -0.25) is 0 Å². The molecule has 4 heteroatoms. The van der Waals surface area contributed by atoms with Crippen LogP contribution in [0.15, 0.2) is 34.7 Å². The van der Waals surface area contributed by atoms with Crippen molar-refractivity contribution in [3.05, 3.63) is 47.4 Å². The number of hydrogen-bond donors (Lipinski definition) is 1. The van der Waals surface area contributed by atoms with E-state index in [0.29, 0.717) is 13.1 Å². The van der Waals surface area contributed by atoms with E-state index in [1.807, 2.05) is 37.3 Å². The van der Waals surface area contributed by atoms with Crippen molar-refractivity contribution >= 4 is 0 Å². The normalized spacial score (nSPS) is 10.5. The Morgan fingerprint density at radius 1 is 1.05 bits per heavy atom. The summed E-state index contributed by atoms with van der Waals surface area (Å²) in [7, 11) is 3.29. The molecule has 0 fully saturated rings. The van der Waals surface area contributed by atoms with Crippen molar-refractivity contribution in [1.29, 1.82) is 0 Å². The van der Waals surface area contributed by atoms with Crippen molar-refractivity contribution in [2.45, 2.75) is 20.0 Å². The van der Waals surface area contributed by atoms with Gasteiger partial charge in [-0.2, -0.15) is 0 Å². The third kappa shape index (κ3) is 3.29. The molecule has 0 spiro atoms. The average molecular weight is 261 g/mol. The fourth-order valence-electron chi connectivity index (χ4n) is 1.99. The predicted octanol–water partition coefficient (Wildman–Crippen LogP) is 2.90. The van der Waals surface area contributed by atoms with Crippen LogP contribution in [0.25, 0.3) is 0 Å². The summed E-state index contributed by atoms with van der Waals surface area (Å²) in [6.45, 7) is 3.32. The molecule has 0 unspecified atom stereocenters. The molecule has 0 saturated heterocycles. The van der Waals surface area contributed by atoms with Crippen molar-refractivity contribution in [2.75, 3.05) is 14.2 Å². The molecule has 4 nitrogen and oxygen atoms in total. The first-order valence-electron chi connectivity index (χ1n) is 6.20. The van der Waals surface area contributed by atoms with Gasteiger partial charge in [0.25, 0.3) is 0 Å². The van der Waals surface area contributed by atoms with Crippen LogP contribution in [0, 0.1) is 6.92 Å². The largest absolute Gasteiger partial charge is 0.493 e. The zero-order chi connectivity index (χ0) is 13.7. The summed E-state index contributed by atoms with van der Waals surface area (Å²) < 4.78 is 16.2. The van der Waals surface area contributed by atoms with Crippen LogP contribution in [-0.2, 0) is 13.1 Å². The highest BCUT2D eigenvalue weighted by molar-refractivity contribution is 5.46. The van der Waals surface area contributed by atoms with E-state index in [-0.39, 0.29) is 0 Å². The third-order valence-corrected chi connectivity index (χ3v) is 2.90. The first-order chi connectivity index (χ1) is 9.24. The van der Waals surface area contributed by atoms with Crippen LogP contribution in [0.5, 0.6) is 11.5 Å². The van der Waals surface area contributed by atoms with Gasteiger partial charge < -0.3 is 19.2 Å². The SMILES string of the molecule is COc1cccc(CNCc2ccc(C)o2)c1OC. The Kier molecular flexibility index (Phi) is 4.47. The number of hydrogen-bond acceptors (Lipinski definition) is 4. The van der Waals surface area contributed by atoms with Crippen molar-refractivity contribution in [2.24, 2.45) is 0 Å². The number of ether oxygens (including phenoxy) is 2. The van der Waals surface area contributed by atoms with E-state index < -0.39 is 0 Å². The van der Waals surface area contributed by atoms with Gasteiger partial charge in [0.15, 0.2) is 11.5 Å². The highest BCUT2D eigenvalue weighted by Crippen LogP contribution is 2.30. The van der Waals surface area contributed by atoms with Crippen LogP contribution < -0.4 is 14.8 Å². The van der Waals surface area contributed by atoms with Gasteiger partial charge in [-0.15, -0.1) is 0 Å². The number of furan rings is 1. The van der Waals surface area contributed by atoms with Gasteiger partial charge in [0, 0.05) is 12.1 Å². The standard InChI is InChI=1S/C15H19NO3/c1-11-7-8-13(19-11)10-16-9-12-5-4-6-14(17-2)15(12)18-3/h4-8,16H,9-10H2,1-3H3. The number of nitrogens with one attached hydrogen (secondary N) is 1. The van der Waals surface area contributed by atoms with Gasteiger partial charge in [-0.05, 0) is 25.1 Å². The molecule has 2 rings (SSSR count). The van der Waals surface area contributed by atoms with Crippen molar-refractivity contribution < 1.29 is 13.9 Å². The maximum absolute atomic E-state index is 5.50. The molecule has 0 amide bonds. The molecule has 102 valence electrons. The lowest BCUT2D eigenvalue weighted by atomic mass is 10.2. The molecule has 0 aliphatic carbocycles. The first kappa shape index (κ1) is 13.5. The summed E-state index contributed by atoms with van der Waals surface area (Å²) in [5, 5.41) is 3.33. The number of aryl methyl sites for hydroxylation is 1. The lowest BCUT2D eigenvalue weighted by Gasteiger charge is -2.12. The minimum atomic E-state index is 0.689. The smallest absolute Gasteiger partial charge is 0.165 e. The Labute approximate surface area is 113 Å². The maximum Gasteiger partial charge on any atom is 0.165 e. The lowest BCUT2D eigenvalue weighted by Crippen LogP contribution is -2.13. The molecule has 0 aliphatic rings. The second-order valence-electron chi connectivity index (χ2n) is 4.27. The van der Waals surface area contributed by atoms with Gasteiger partial charge in [-0.25, -0.2) is 0 Å². The van der Waals surface area contributed by atoms with Gasteiger partial charge in [0.2, 0.25) is 0 Å². The molecule has 1 heterocycles. The van der Waals surface area contributed by atoms with Crippen LogP contribution >= 0.6 is 0 Å². The maximum atomic E-state index is 5.50. The van der Waals surface area contributed by atoms with Crippen LogP contribution in [0.4, 0.5) is 0 Å². The fraction of sp³-hybridized carbons (Fsp3) is 0.333. The Balaban J connectivity index is 1.99. The summed E-state index contributed by atoms with van der Waals surface area (Å²) in [5.74, 6) is 3.37. The molecule has 1 aromatic carbocycles. The Hall–Kier alpha value is -1.94. The number of methoxy groups -OCH3 is 2. The van der Waals surface area contributed by atoms with Crippen molar-refractivity contribution in [1.82, 2.24) is 5.32 Å². The molecule has 0 saturated carbocycles. The van der Waals surface area contributed by atoms with Gasteiger partial charge in [0.1, 0.15) is 11.5 Å². The Bertz CT molecular complexity index is 534. The summed E-state index contributed by atoms with van der Waals surface area (Å²) in [6.07, 6.45) is 0. The minimum Gasteiger partial charge on any atom is -0.493 e. The molecule has 0 bridgehead atoms. The number of para-hydroxylation sites is 1. The molecule has 0 aliphatic heterocycles. The van der Waals surface area contributed by atoms with E-state index in [9.17, 15) is 0 Å². The van der Waals surface area contributed by atoms with Gasteiger partial charge in [-0.1, -0.05) is 12.1 Å². The van der Waals surface area contributed by atoms with Gasteiger partial charge in [0.05, 0.1) is 20.8 Å². The number of rotatable bonds is 6. The zero-order valence-electron chi connectivity index (χ0n) is 11.5. The lowest BCUT2D eigenvalue weighted by molar-refractivity contribution is 0.350. The predicted molar refractivity (Wildman–Crippen MR) is 73.5 cm³/mol. The van der Waals surface area contributed by atoms with E-state index in [1.165, 1.54) is 0 Å². The molecule has 1 aromatic heterocycles. The topological polar surface area (TPSA) is 43.6 Å². The molecule has 0 atom stereocenters. The number of benzene rings is 1. The highest BCUT2D eigenvalue weighted by Gasteiger charge is 2.09. The molecule has 19 heavy (non-hydrogen) atoms. The Morgan fingerprint density at radius 2 is 1.89 bits per heavy atom. The van der Waals surface area contributed by atoms with Crippen LogP contribution in [-0.4, -0.2) is 14.2 Å². The van der Waals surface area contributed by atoms with E-state index >= 15 is 0 Å². The molecule has 1 N–H and O–H groups in total. The summed E-state index contributed by atoms with van der Waals surface area (Å²) in [6, 6.07) is 9.80. The first-order valence-corrected chi connectivity index (χ1v) is 6.20. The van der Waals surface area contributed by atoms with Crippen molar-refractivity contribution in [3.63, 3.8) is 0 Å². The van der Waals surface area contributed by atoms with E-state index in [0.717, 1.165) is 28.6 Å². The van der Waals surface area contributed by atoms with E-state index in [2.05, 4.69) is 5.32 Å². The second kappa shape index (κ2) is 6.29. The monoisotopic (exact) mass is 261 g/mol. The van der Waals surface area contributed by atoms with Crippen LogP contribution in [0.2, 0.25) is 0 Å². The fourth-order valence-corrected chi connectivity index (χ4v) is 1.99. The van der Waals surface area contributed by atoms with Gasteiger partial charge >= 0.3 is 0 Å². The third-order valence-electron chi connectivity index (χ3n) is 2.90. The second-order valence-corrected chi connectivity index (χ2v) is 4.27. The van der Waals surface area contributed by atoms with E-state index in [4.69, 9.17) is 13.9 Å². The average Bonchev–Trinajstić information content (AvgIpc) is 2.84. The van der Waals surface area contributed by atoms with Crippen LogP contribution in [0.1, 0.15) is 17.1 Å². The Morgan fingerprint density at radius 3 is 2.53 bits per heavy atom. The quantitative estimate of drug-likeness (QED) is 0.868. The summed E-state index contributed by atoms with van der Waals surface area (Å²) >= 11 is 0. The molecule has 0 radical (unpaired) electrons. The molecular formula is C15H19NO3. The highest BCUT2D eigenvalue weighted by atomic mass is 16.5. The van der Waals surface area contributed by atoms with Crippen LogP contribution in [0.3, 0.4) is 0 Å². The summed E-state index contributed by atoms with van der Waals surface area (Å²) in [5.41, 5.74) is 1.06. The molecule has 2 aromatic rings.